The first kappa shape index (κ1) is 22.3. The monoisotopic (exact) mass is 415 g/mol. The number of hydrogen-bond donors (Lipinski definition) is 0. The highest BCUT2D eigenvalue weighted by Gasteiger charge is 2.15. The van der Waals surface area contributed by atoms with Crippen molar-refractivity contribution in [3.05, 3.63) is 30.3 Å². The molecule has 2 heterocycles. The van der Waals surface area contributed by atoms with E-state index in [0.29, 0.717) is 32.2 Å². The number of ether oxygens (including phenoxy) is 3. The number of carbonyl (C=O) groups excluding carboxylic acids is 1. The van der Waals surface area contributed by atoms with E-state index in [2.05, 4.69) is 9.88 Å². The molecule has 164 valence electrons. The maximum atomic E-state index is 12.3. The number of piperidine rings is 1. The Hall–Kier alpha value is -2.38. The first-order chi connectivity index (χ1) is 14.7. The molecule has 3 rings (SSSR count). The van der Waals surface area contributed by atoms with Crippen LogP contribution in [0.2, 0.25) is 0 Å². The van der Waals surface area contributed by atoms with Crippen molar-refractivity contribution in [2.45, 2.75) is 32.6 Å². The third-order valence-electron chi connectivity index (χ3n) is 5.37. The average Bonchev–Trinajstić information content (AvgIpc) is 2.78. The van der Waals surface area contributed by atoms with E-state index in [9.17, 15) is 4.79 Å². The van der Waals surface area contributed by atoms with Crippen LogP contribution < -0.4 is 9.47 Å². The van der Waals surface area contributed by atoms with Crippen molar-refractivity contribution in [3.63, 3.8) is 0 Å². The number of nitrogens with zero attached hydrogens (tertiary/aromatic N) is 3. The van der Waals surface area contributed by atoms with Gasteiger partial charge >= 0.3 is 6.09 Å². The van der Waals surface area contributed by atoms with Gasteiger partial charge in [0.2, 0.25) is 5.88 Å². The Morgan fingerprint density at radius 3 is 2.73 bits per heavy atom. The Morgan fingerprint density at radius 1 is 1.13 bits per heavy atom. The lowest BCUT2D eigenvalue weighted by atomic mass is 10.1. The molecule has 0 atom stereocenters. The standard InChI is InChI=1S/C23H33N3O4/c1-3-26(15-17-28-2)23(27)30-22-11-8-19-18-20(9-10-21(19)24-22)29-16-7-14-25-12-5-4-6-13-25/h8-11,18H,3-7,12-17H2,1-2H3. The summed E-state index contributed by atoms with van der Waals surface area (Å²) in [6, 6.07) is 9.40. The Bertz CT molecular complexity index is 808. The topological polar surface area (TPSA) is 64.1 Å². The lowest BCUT2D eigenvalue weighted by Crippen LogP contribution is -2.36. The highest BCUT2D eigenvalue weighted by molar-refractivity contribution is 5.81. The zero-order chi connectivity index (χ0) is 21.2. The largest absolute Gasteiger partial charge is 0.494 e. The molecule has 2 aromatic rings. The van der Waals surface area contributed by atoms with Crippen molar-refractivity contribution in [2.75, 3.05) is 53.0 Å². The minimum Gasteiger partial charge on any atom is -0.494 e. The fourth-order valence-corrected chi connectivity index (χ4v) is 3.63. The minimum absolute atomic E-state index is 0.290. The molecular formula is C23H33N3O4. The van der Waals surface area contributed by atoms with Gasteiger partial charge in [0.1, 0.15) is 5.75 Å². The first-order valence-electron chi connectivity index (χ1n) is 10.9. The van der Waals surface area contributed by atoms with Gasteiger partial charge in [-0.05, 0) is 63.5 Å². The van der Waals surface area contributed by atoms with Crippen molar-refractivity contribution in [1.29, 1.82) is 0 Å². The number of pyridine rings is 1. The molecule has 1 aromatic carbocycles. The Kier molecular flexibility index (Phi) is 8.71. The highest BCUT2D eigenvalue weighted by Crippen LogP contribution is 2.22. The van der Waals surface area contributed by atoms with E-state index in [1.54, 1.807) is 18.1 Å². The van der Waals surface area contributed by atoms with Gasteiger partial charge in [0.05, 0.1) is 18.7 Å². The summed E-state index contributed by atoms with van der Waals surface area (Å²) in [6.07, 6.45) is 4.61. The predicted molar refractivity (Wildman–Crippen MR) is 117 cm³/mol. The predicted octanol–water partition coefficient (Wildman–Crippen LogP) is 3.96. The van der Waals surface area contributed by atoms with E-state index in [4.69, 9.17) is 14.2 Å². The fourth-order valence-electron chi connectivity index (χ4n) is 3.63. The molecule has 1 aromatic heterocycles. The third kappa shape index (κ3) is 6.57. The number of hydrogen-bond acceptors (Lipinski definition) is 6. The SMILES string of the molecule is CCN(CCOC)C(=O)Oc1ccc2cc(OCCCN3CCCCC3)ccc2n1. The Labute approximate surface area is 178 Å². The summed E-state index contributed by atoms with van der Waals surface area (Å²) in [5.41, 5.74) is 0.765. The van der Waals surface area contributed by atoms with Gasteiger partial charge in [-0.1, -0.05) is 6.42 Å². The summed E-state index contributed by atoms with van der Waals surface area (Å²) in [5, 5.41) is 0.954. The summed E-state index contributed by atoms with van der Waals surface area (Å²) in [5.74, 6) is 1.13. The smallest absolute Gasteiger partial charge is 0.416 e. The third-order valence-corrected chi connectivity index (χ3v) is 5.37. The summed E-state index contributed by atoms with van der Waals surface area (Å²) in [7, 11) is 1.61. The molecule has 0 bridgehead atoms. The molecule has 1 aliphatic heterocycles. The normalized spacial score (nSPS) is 14.6. The molecular weight excluding hydrogens is 382 g/mol. The maximum Gasteiger partial charge on any atom is 0.416 e. The van der Waals surface area contributed by atoms with Crippen molar-refractivity contribution in [3.8, 4) is 11.6 Å². The van der Waals surface area contributed by atoms with Crippen LogP contribution in [0.25, 0.3) is 10.9 Å². The van der Waals surface area contributed by atoms with E-state index in [1.807, 2.05) is 31.2 Å². The summed E-state index contributed by atoms with van der Waals surface area (Å²) < 4.78 is 16.4. The number of fused-ring (bicyclic) bond motifs is 1. The number of amides is 1. The van der Waals surface area contributed by atoms with Crippen LogP contribution >= 0.6 is 0 Å². The molecule has 7 nitrogen and oxygen atoms in total. The van der Waals surface area contributed by atoms with Crippen LogP contribution in [-0.2, 0) is 4.74 Å². The summed E-state index contributed by atoms with van der Waals surface area (Å²) in [4.78, 5) is 20.8. The van der Waals surface area contributed by atoms with Gasteiger partial charge in [0.15, 0.2) is 0 Å². The number of likely N-dealkylation sites (N-methyl/N-ethyl adjacent to an activating group) is 1. The van der Waals surface area contributed by atoms with Gasteiger partial charge in [-0.3, -0.25) is 0 Å². The van der Waals surface area contributed by atoms with Gasteiger partial charge < -0.3 is 24.0 Å². The van der Waals surface area contributed by atoms with Gasteiger partial charge in [-0.25, -0.2) is 9.78 Å². The van der Waals surface area contributed by atoms with Crippen LogP contribution in [0.1, 0.15) is 32.6 Å². The van der Waals surface area contributed by atoms with Gasteiger partial charge in [-0.15, -0.1) is 0 Å². The van der Waals surface area contributed by atoms with E-state index in [1.165, 1.54) is 32.4 Å². The van der Waals surface area contributed by atoms with E-state index >= 15 is 0 Å². The quantitative estimate of drug-likeness (QED) is 0.548. The number of aromatic nitrogens is 1. The van der Waals surface area contributed by atoms with Crippen LogP contribution in [-0.4, -0.2) is 73.9 Å². The van der Waals surface area contributed by atoms with Gasteiger partial charge in [-0.2, -0.15) is 0 Å². The van der Waals surface area contributed by atoms with E-state index < -0.39 is 6.09 Å². The Morgan fingerprint density at radius 2 is 1.97 bits per heavy atom. The van der Waals surface area contributed by atoms with Crippen LogP contribution in [0.3, 0.4) is 0 Å². The van der Waals surface area contributed by atoms with Crippen molar-refractivity contribution in [2.24, 2.45) is 0 Å². The lowest BCUT2D eigenvalue weighted by Gasteiger charge is -2.26. The van der Waals surface area contributed by atoms with E-state index in [-0.39, 0.29) is 0 Å². The van der Waals surface area contributed by atoms with Crippen LogP contribution in [0.5, 0.6) is 11.6 Å². The van der Waals surface area contributed by atoms with Crippen molar-refractivity contribution < 1.29 is 19.0 Å². The number of likely N-dealkylation sites (tertiary alicyclic amines) is 1. The molecule has 0 saturated carbocycles. The molecule has 0 unspecified atom stereocenters. The molecule has 0 spiro atoms. The minimum atomic E-state index is -0.421. The lowest BCUT2D eigenvalue weighted by molar-refractivity contribution is 0.125. The molecule has 0 aliphatic carbocycles. The molecule has 0 N–H and O–H groups in total. The molecule has 0 radical (unpaired) electrons. The maximum absolute atomic E-state index is 12.3. The second-order valence-electron chi connectivity index (χ2n) is 7.55. The summed E-state index contributed by atoms with van der Waals surface area (Å²) in [6.45, 7) is 7.65. The summed E-state index contributed by atoms with van der Waals surface area (Å²) >= 11 is 0. The van der Waals surface area contributed by atoms with Gasteiger partial charge in [0, 0.05) is 38.2 Å². The average molecular weight is 416 g/mol. The second kappa shape index (κ2) is 11.7. The molecule has 7 heteroatoms. The molecule has 1 fully saturated rings. The van der Waals surface area contributed by atoms with Gasteiger partial charge in [0.25, 0.3) is 0 Å². The van der Waals surface area contributed by atoms with Crippen molar-refractivity contribution in [1.82, 2.24) is 14.8 Å². The molecule has 1 aliphatic rings. The zero-order valence-corrected chi connectivity index (χ0v) is 18.1. The van der Waals surface area contributed by atoms with Crippen LogP contribution in [0.15, 0.2) is 30.3 Å². The zero-order valence-electron chi connectivity index (χ0n) is 18.1. The second-order valence-corrected chi connectivity index (χ2v) is 7.55. The first-order valence-corrected chi connectivity index (χ1v) is 10.9. The fraction of sp³-hybridized carbons (Fsp3) is 0.565. The number of benzene rings is 1. The molecule has 30 heavy (non-hydrogen) atoms. The van der Waals surface area contributed by atoms with Crippen molar-refractivity contribution >= 4 is 17.0 Å². The van der Waals surface area contributed by atoms with Crippen LogP contribution in [0, 0.1) is 0 Å². The van der Waals surface area contributed by atoms with E-state index in [0.717, 1.165) is 29.6 Å². The number of methoxy groups -OCH3 is 1. The highest BCUT2D eigenvalue weighted by atomic mass is 16.6. The number of rotatable bonds is 10. The van der Waals surface area contributed by atoms with Crippen LogP contribution in [0.4, 0.5) is 4.79 Å². The molecule has 1 amide bonds. The number of carbonyl (C=O) groups is 1. The Balaban J connectivity index is 1.51. The molecule has 1 saturated heterocycles.